The first-order chi connectivity index (χ1) is 15.3. The lowest BCUT2D eigenvalue weighted by atomic mass is 10.1. The first-order valence-electron chi connectivity index (χ1n) is 10.0. The minimum absolute atomic E-state index is 0.0357. The lowest BCUT2D eigenvalue weighted by molar-refractivity contribution is -0.255. The molecule has 0 saturated carbocycles. The number of nitrogens with one attached hydrogen (secondary N) is 1. The third kappa shape index (κ3) is 4.87. The molecule has 0 saturated heterocycles. The molecule has 1 N–H and O–H groups in total. The number of aryl methyl sites for hydroxylation is 1. The third-order valence-electron chi connectivity index (χ3n) is 4.92. The number of aromatic carboxylic acids is 1. The Morgan fingerprint density at radius 2 is 1.78 bits per heavy atom. The molecule has 7 nitrogen and oxygen atoms in total. The summed E-state index contributed by atoms with van der Waals surface area (Å²) >= 11 is 0. The van der Waals surface area contributed by atoms with Gasteiger partial charge in [-0.3, -0.25) is 4.79 Å². The van der Waals surface area contributed by atoms with Crippen LogP contribution in [0.3, 0.4) is 0 Å². The van der Waals surface area contributed by atoms with E-state index in [1.807, 2.05) is 37.5 Å². The van der Waals surface area contributed by atoms with Crippen LogP contribution in [0.4, 0.5) is 5.69 Å². The van der Waals surface area contributed by atoms with E-state index in [-0.39, 0.29) is 11.1 Å². The van der Waals surface area contributed by atoms with Gasteiger partial charge in [0.15, 0.2) is 0 Å². The second-order valence-corrected chi connectivity index (χ2v) is 7.08. The monoisotopic (exact) mass is 428 g/mol. The maximum absolute atomic E-state index is 12.6. The van der Waals surface area contributed by atoms with Crippen LogP contribution in [0.5, 0.6) is 5.75 Å². The van der Waals surface area contributed by atoms with E-state index in [9.17, 15) is 20.0 Å². The van der Waals surface area contributed by atoms with Gasteiger partial charge in [0.05, 0.1) is 12.6 Å². The van der Waals surface area contributed by atoms with Crippen molar-refractivity contribution < 1.29 is 19.4 Å². The van der Waals surface area contributed by atoms with Crippen LogP contribution in [0.15, 0.2) is 60.2 Å². The number of nitrogens with zero attached hydrogens (tertiary/aromatic N) is 2. The molecule has 0 aliphatic rings. The van der Waals surface area contributed by atoms with Crippen LogP contribution in [0.2, 0.25) is 0 Å². The number of carboxylic acids is 1. The fourth-order valence-electron chi connectivity index (χ4n) is 3.38. The average Bonchev–Trinajstić information content (AvgIpc) is 3.06. The molecule has 2 aromatic carbocycles. The highest BCUT2D eigenvalue weighted by molar-refractivity contribution is 6.09. The zero-order valence-electron chi connectivity index (χ0n) is 18.0. The second kappa shape index (κ2) is 9.67. The van der Waals surface area contributed by atoms with Gasteiger partial charge in [-0.15, -0.1) is 0 Å². The van der Waals surface area contributed by atoms with Crippen molar-refractivity contribution in [1.29, 1.82) is 5.26 Å². The first kappa shape index (κ1) is 22.4. The molecule has 0 bridgehead atoms. The maximum atomic E-state index is 12.6. The molecule has 1 heterocycles. The number of benzene rings is 2. The van der Waals surface area contributed by atoms with Gasteiger partial charge in [-0.25, -0.2) is 0 Å². The number of anilines is 1. The number of carbonyl (C=O) groups excluding carboxylic acids is 2. The predicted molar refractivity (Wildman–Crippen MR) is 119 cm³/mol. The van der Waals surface area contributed by atoms with Crippen LogP contribution in [-0.2, 0) is 4.79 Å². The minimum atomic E-state index is -1.24. The molecule has 0 radical (unpaired) electrons. The Bertz CT molecular complexity index is 1210. The van der Waals surface area contributed by atoms with Gasteiger partial charge < -0.3 is 24.5 Å². The van der Waals surface area contributed by atoms with E-state index in [0.29, 0.717) is 23.6 Å². The van der Waals surface area contributed by atoms with E-state index in [2.05, 4.69) is 5.32 Å². The van der Waals surface area contributed by atoms with Crippen molar-refractivity contribution in [3.05, 3.63) is 82.7 Å². The zero-order chi connectivity index (χ0) is 23.3. The summed E-state index contributed by atoms with van der Waals surface area (Å²) in [6.07, 6.45) is 1.54. The highest BCUT2D eigenvalue weighted by Crippen LogP contribution is 2.24. The number of ether oxygens (including phenoxy) is 1. The smallest absolute Gasteiger partial charge is 0.266 e. The summed E-state index contributed by atoms with van der Waals surface area (Å²) in [5.41, 5.74) is 3.77. The number of carboxylic acid groups (broad SMARTS) is 1. The molecule has 7 heteroatoms. The van der Waals surface area contributed by atoms with Crippen molar-refractivity contribution in [2.45, 2.75) is 20.8 Å². The zero-order valence-corrected chi connectivity index (χ0v) is 18.0. The van der Waals surface area contributed by atoms with Gasteiger partial charge in [-0.1, -0.05) is 12.1 Å². The number of amides is 1. The van der Waals surface area contributed by atoms with E-state index >= 15 is 0 Å². The Kier molecular flexibility index (Phi) is 6.76. The third-order valence-corrected chi connectivity index (χ3v) is 4.92. The molecule has 3 rings (SSSR count). The lowest BCUT2D eigenvalue weighted by Crippen LogP contribution is -2.22. The fourth-order valence-corrected chi connectivity index (χ4v) is 3.38. The van der Waals surface area contributed by atoms with Gasteiger partial charge in [0, 0.05) is 22.8 Å². The van der Waals surface area contributed by atoms with Crippen molar-refractivity contribution in [2.24, 2.45) is 0 Å². The highest BCUT2D eigenvalue weighted by atomic mass is 16.5. The molecular formula is C25H22N3O4-. The standard InChI is InChI=1S/C25H23N3O4/c1-4-32-23-11-7-21(8-12-23)27-24(29)20(15-26)14-19-13-16(2)28(17(19)3)22-9-5-18(6-10-22)25(30)31/h5-14H,4H2,1-3H3,(H,27,29)(H,30,31)/p-1/b20-14-. The van der Waals surface area contributed by atoms with Crippen LogP contribution in [0.1, 0.15) is 34.2 Å². The van der Waals surface area contributed by atoms with Crippen molar-refractivity contribution in [3.63, 3.8) is 0 Å². The second-order valence-electron chi connectivity index (χ2n) is 7.08. The van der Waals surface area contributed by atoms with Crippen molar-refractivity contribution in [3.8, 4) is 17.5 Å². The van der Waals surface area contributed by atoms with Crippen LogP contribution in [-0.4, -0.2) is 23.1 Å². The molecule has 0 atom stereocenters. The number of aromatic nitrogens is 1. The summed E-state index contributed by atoms with van der Waals surface area (Å²) in [6.45, 7) is 6.19. The first-order valence-corrected chi connectivity index (χ1v) is 10.0. The van der Waals surface area contributed by atoms with Gasteiger partial charge in [-0.2, -0.15) is 5.26 Å². The van der Waals surface area contributed by atoms with Crippen LogP contribution < -0.4 is 15.2 Å². The number of nitriles is 1. The van der Waals surface area contributed by atoms with E-state index < -0.39 is 11.9 Å². The molecule has 0 unspecified atom stereocenters. The van der Waals surface area contributed by atoms with Gasteiger partial charge in [0.1, 0.15) is 17.4 Å². The molecular weight excluding hydrogens is 406 g/mol. The van der Waals surface area contributed by atoms with Crippen molar-refractivity contribution in [2.75, 3.05) is 11.9 Å². The maximum Gasteiger partial charge on any atom is 0.266 e. The van der Waals surface area contributed by atoms with Crippen LogP contribution in [0.25, 0.3) is 11.8 Å². The molecule has 0 fully saturated rings. The number of hydrogen-bond acceptors (Lipinski definition) is 5. The Balaban J connectivity index is 1.85. The molecule has 162 valence electrons. The Hall–Kier alpha value is -4.31. The summed E-state index contributed by atoms with van der Waals surface area (Å²) in [5.74, 6) is -1.06. The Morgan fingerprint density at radius 3 is 2.34 bits per heavy atom. The Labute approximate surface area is 186 Å². The summed E-state index contributed by atoms with van der Waals surface area (Å²) in [7, 11) is 0. The molecule has 0 aliphatic carbocycles. The highest BCUT2D eigenvalue weighted by Gasteiger charge is 2.14. The van der Waals surface area contributed by atoms with Crippen LogP contribution >= 0.6 is 0 Å². The Morgan fingerprint density at radius 1 is 1.12 bits per heavy atom. The van der Waals surface area contributed by atoms with E-state index in [1.165, 1.54) is 18.2 Å². The fraction of sp³-hybridized carbons (Fsp3) is 0.160. The molecule has 0 aliphatic heterocycles. The summed E-state index contributed by atoms with van der Waals surface area (Å²) < 4.78 is 7.30. The normalized spacial score (nSPS) is 11.0. The summed E-state index contributed by atoms with van der Waals surface area (Å²) in [5, 5.41) is 23.2. The summed E-state index contributed by atoms with van der Waals surface area (Å²) in [6, 6.07) is 17.0. The van der Waals surface area contributed by atoms with Gasteiger partial charge in [0.25, 0.3) is 5.91 Å². The molecule has 1 aromatic heterocycles. The molecule has 0 spiro atoms. The SMILES string of the molecule is CCOc1ccc(NC(=O)/C(C#N)=C\c2cc(C)n(-c3ccc(C(=O)[O-])cc3)c2C)cc1. The number of carbonyl (C=O) groups is 2. The largest absolute Gasteiger partial charge is 0.545 e. The average molecular weight is 428 g/mol. The lowest BCUT2D eigenvalue weighted by Gasteiger charge is -2.11. The predicted octanol–water partition coefficient (Wildman–Crippen LogP) is 3.40. The number of rotatable bonds is 7. The molecule has 32 heavy (non-hydrogen) atoms. The molecule has 1 amide bonds. The minimum Gasteiger partial charge on any atom is -0.545 e. The van der Waals surface area contributed by atoms with Crippen LogP contribution in [0, 0.1) is 25.2 Å². The van der Waals surface area contributed by atoms with Crippen molar-refractivity contribution in [1.82, 2.24) is 4.57 Å². The van der Waals surface area contributed by atoms with Gasteiger partial charge in [-0.05, 0) is 80.4 Å². The van der Waals surface area contributed by atoms with Gasteiger partial charge in [0.2, 0.25) is 0 Å². The van der Waals surface area contributed by atoms with E-state index in [1.54, 1.807) is 36.4 Å². The number of hydrogen-bond donors (Lipinski definition) is 1. The topological polar surface area (TPSA) is 107 Å². The molecule has 3 aromatic rings. The van der Waals surface area contributed by atoms with E-state index in [0.717, 1.165) is 17.1 Å². The summed E-state index contributed by atoms with van der Waals surface area (Å²) in [4.78, 5) is 23.6. The van der Waals surface area contributed by atoms with E-state index in [4.69, 9.17) is 4.74 Å². The quantitative estimate of drug-likeness (QED) is 0.458. The van der Waals surface area contributed by atoms with Crippen molar-refractivity contribution >= 4 is 23.6 Å². The van der Waals surface area contributed by atoms with Gasteiger partial charge >= 0.3 is 0 Å².